The average Bonchev–Trinajstić information content (AvgIpc) is 2.53. The van der Waals surface area contributed by atoms with Gasteiger partial charge >= 0.3 is 0 Å². The molecule has 11 heavy (non-hydrogen) atoms. The number of Topliss-reactive ketones (excluding diaryl/α,β-unsaturated/α-hetero) is 1. The first-order valence-corrected chi connectivity index (χ1v) is 3.88. The van der Waals surface area contributed by atoms with Crippen LogP contribution in [0.5, 0.6) is 0 Å². The third-order valence-corrected chi connectivity index (χ3v) is 1.72. The zero-order chi connectivity index (χ0) is 8.27. The molecule has 1 aliphatic rings. The molecular formula is C8H13NO2. The summed E-state index contributed by atoms with van der Waals surface area (Å²) in [6.07, 6.45) is 3.30. The summed E-state index contributed by atoms with van der Waals surface area (Å²) in [4.78, 5) is 11.3. The van der Waals surface area contributed by atoms with Crippen LogP contribution in [0.4, 0.5) is 0 Å². The molecule has 0 aliphatic carbocycles. The monoisotopic (exact) mass is 155 g/mol. The average molecular weight is 155 g/mol. The van der Waals surface area contributed by atoms with Crippen molar-refractivity contribution < 1.29 is 9.53 Å². The van der Waals surface area contributed by atoms with E-state index in [1.807, 2.05) is 6.92 Å². The minimum atomic E-state index is -0.389. The molecule has 0 spiro atoms. The van der Waals surface area contributed by atoms with Gasteiger partial charge in [0.25, 0.3) is 0 Å². The van der Waals surface area contributed by atoms with Crippen LogP contribution in [0.1, 0.15) is 19.8 Å². The Balaban J connectivity index is 2.53. The first kappa shape index (κ1) is 8.27. The molecular weight excluding hydrogens is 142 g/mol. The van der Waals surface area contributed by atoms with Gasteiger partial charge in [-0.2, -0.15) is 0 Å². The maximum Gasteiger partial charge on any atom is 0.213 e. The van der Waals surface area contributed by atoms with Crippen LogP contribution in [0.3, 0.4) is 0 Å². The van der Waals surface area contributed by atoms with Crippen LogP contribution in [-0.4, -0.2) is 18.4 Å². The van der Waals surface area contributed by atoms with E-state index in [0.29, 0.717) is 18.8 Å². The Hall–Kier alpha value is -0.830. The van der Waals surface area contributed by atoms with Crippen LogP contribution in [0.2, 0.25) is 0 Å². The van der Waals surface area contributed by atoms with Crippen molar-refractivity contribution in [3.63, 3.8) is 0 Å². The molecule has 0 fully saturated rings. The quantitative estimate of drug-likeness (QED) is 0.649. The Kier molecular flexibility index (Phi) is 2.65. The molecule has 1 rings (SSSR count). The SMILES string of the molecule is CC[C@@H](N)C(=O)C1=CCCO1. The number of ether oxygens (including phenoxy) is 1. The fourth-order valence-corrected chi connectivity index (χ4v) is 0.958. The third-order valence-electron chi connectivity index (χ3n) is 1.72. The molecule has 1 aliphatic heterocycles. The van der Waals surface area contributed by atoms with E-state index in [9.17, 15) is 4.79 Å². The Morgan fingerprint density at radius 3 is 3.09 bits per heavy atom. The molecule has 3 nitrogen and oxygen atoms in total. The molecule has 0 unspecified atom stereocenters. The molecule has 3 heteroatoms. The van der Waals surface area contributed by atoms with Crippen LogP contribution in [0.15, 0.2) is 11.8 Å². The van der Waals surface area contributed by atoms with Gasteiger partial charge in [-0.25, -0.2) is 0 Å². The molecule has 0 aromatic heterocycles. The van der Waals surface area contributed by atoms with Gasteiger partial charge in [-0.3, -0.25) is 4.79 Å². The fourth-order valence-electron chi connectivity index (χ4n) is 0.958. The summed E-state index contributed by atoms with van der Waals surface area (Å²) in [7, 11) is 0. The second-order valence-electron chi connectivity index (χ2n) is 2.58. The third kappa shape index (κ3) is 1.80. The van der Waals surface area contributed by atoms with Gasteiger partial charge in [-0.15, -0.1) is 0 Å². The number of rotatable bonds is 3. The summed E-state index contributed by atoms with van der Waals surface area (Å²) >= 11 is 0. The van der Waals surface area contributed by atoms with Gasteiger partial charge in [0.2, 0.25) is 5.78 Å². The molecule has 1 atom stereocenters. The van der Waals surface area contributed by atoms with Crippen molar-refractivity contribution in [2.75, 3.05) is 6.61 Å². The zero-order valence-electron chi connectivity index (χ0n) is 6.67. The van der Waals surface area contributed by atoms with Gasteiger partial charge < -0.3 is 10.5 Å². The molecule has 0 saturated heterocycles. The minimum absolute atomic E-state index is 0.0648. The van der Waals surface area contributed by atoms with Crippen LogP contribution >= 0.6 is 0 Å². The molecule has 0 aromatic carbocycles. The predicted octanol–water partition coefficient (Wildman–Crippen LogP) is 0.597. The van der Waals surface area contributed by atoms with E-state index in [0.717, 1.165) is 6.42 Å². The number of hydrogen-bond acceptors (Lipinski definition) is 3. The van der Waals surface area contributed by atoms with Crippen molar-refractivity contribution in [1.82, 2.24) is 0 Å². The van der Waals surface area contributed by atoms with Crippen molar-refractivity contribution >= 4 is 5.78 Å². The topological polar surface area (TPSA) is 52.3 Å². The van der Waals surface area contributed by atoms with E-state index in [-0.39, 0.29) is 11.8 Å². The lowest BCUT2D eigenvalue weighted by Gasteiger charge is -2.07. The first-order valence-electron chi connectivity index (χ1n) is 3.88. The fraction of sp³-hybridized carbons (Fsp3) is 0.625. The van der Waals surface area contributed by atoms with Crippen LogP contribution in [-0.2, 0) is 9.53 Å². The van der Waals surface area contributed by atoms with E-state index in [1.165, 1.54) is 0 Å². The van der Waals surface area contributed by atoms with Gasteiger partial charge in [-0.1, -0.05) is 6.92 Å². The molecule has 1 heterocycles. The second kappa shape index (κ2) is 3.53. The van der Waals surface area contributed by atoms with Crippen molar-refractivity contribution in [3.05, 3.63) is 11.8 Å². The predicted molar refractivity (Wildman–Crippen MR) is 41.9 cm³/mol. The molecule has 62 valence electrons. The Morgan fingerprint density at radius 2 is 2.64 bits per heavy atom. The van der Waals surface area contributed by atoms with E-state index in [4.69, 9.17) is 10.5 Å². The molecule has 0 aromatic rings. The van der Waals surface area contributed by atoms with Gasteiger partial charge in [0.1, 0.15) is 0 Å². The van der Waals surface area contributed by atoms with Crippen LogP contribution < -0.4 is 5.73 Å². The summed E-state index contributed by atoms with van der Waals surface area (Å²) in [6, 6.07) is -0.389. The number of carbonyl (C=O) groups excluding carboxylic acids is 1. The van der Waals surface area contributed by atoms with Crippen LogP contribution in [0, 0.1) is 0 Å². The second-order valence-corrected chi connectivity index (χ2v) is 2.58. The van der Waals surface area contributed by atoms with Crippen LogP contribution in [0.25, 0.3) is 0 Å². The largest absolute Gasteiger partial charge is 0.490 e. The number of nitrogens with two attached hydrogens (primary N) is 1. The lowest BCUT2D eigenvalue weighted by Crippen LogP contribution is -2.30. The maximum absolute atomic E-state index is 11.3. The molecule has 2 N–H and O–H groups in total. The molecule has 0 radical (unpaired) electrons. The normalized spacial score (nSPS) is 18.9. The summed E-state index contributed by atoms with van der Waals surface area (Å²) in [5.74, 6) is 0.393. The Morgan fingerprint density at radius 1 is 1.91 bits per heavy atom. The minimum Gasteiger partial charge on any atom is -0.490 e. The van der Waals surface area contributed by atoms with Gasteiger partial charge in [0.15, 0.2) is 5.76 Å². The van der Waals surface area contributed by atoms with Gasteiger partial charge in [0.05, 0.1) is 12.6 Å². The van der Waals surface area contributed by atoms with E-state index >= 15 is 0 Å². The summed E-state index contributed by atoms with van der Waals surface area (Å²) in [6.45, 7) is 2.51. The summed E-state index contributed by atoms with van der Waals surface area (Å²) in [5.41, 5.74) is 5.53. The number of hydrogen-bond donors (Lipinski definition) is 1. The number of ketones is 1. The highest BCUT2D eigenvalue weighted by molar-refractivity contribution is 5.97. The number of carbonyl (C=O) groups is 1. The van der Waals surface area contributed by atoms with Gasteiger partial charge in [0, 0.05) is 6.42 Å². The molecule has 0 bridgehead atoms. The smallest absolute Gasteiger partial charge is 0.213 e. The van der Waals surface area contributed by atoms with Crippen molar-refractivity contribution in [2.45, 2.75) is 25.8 Å². The lowest BCUT2D eigenvalue weighted by atomic mass is 10.1. The highest BCUT2D eigenvalue weighted by Crippen LogP contribution is 2.11. The summed E-state index contributed by atoms with van der Waals surface area (Å²) < 4.78 is 5.07. The summed E-state index contributed by atoms with van der Waals surface area (Å²) in [5, 5.41) is 0. The molecule has 0 saturated carbocycles. The van der Waals surface area contributed by atoms with Gasteiger partial charge in [-0.05, 0) is 12.5 Å². The first-order chi connectivity index (χ1) is 5.25. The zero-order valence-corrected chi connectivity index (χ0v) is 6.67. The Labute approximate surface area is 66.2 Å². The molecule has 0 amide bonds. The maximum atomic E-state index is 11.3. The van der Waals surface area contributed by atoms with E-state index < -0.39 is 0 Å². The van der Waals surface area contributed by atoms with Crippen molar-refractivity contribution in [1.29, 1.82) is 0 Å². The Bertz CT molecular complexity index is 187. The highest BCUT2D eigenvalue weighted by atomic mass is 16.5. The van der Waals surface area contributed by atoms with Crippen molar-refractivity contribution in [3.8, 4) is 0 Å². The van der Waals surface area contributed by atoms with E-state index in [1.54, 1.807) is 6.08 Å². The lowest BCUT2D eigenvalue weighted by molar-refractivity contribution is -0.119. The van der Waals surface area contributed by atoms with Crippen molar-refractivity contribution in [2.24, 2.45) is 5.73 Å². The van der Waals surface area contributed by atoms with E-state index in [2.05, 4.69) is 0 Å². The standard InChI is InChI=1S/C8H13NO2/c1-2-6(9)8(10)7-4-3-5-11-7/h4,6H,2-3,5,9H2,1H3/t6-/m1/s1. The highest BCUT2D eigenvalue weighted by Gasteiger charge is 2.19.